The second kappa shape index (κ2) is 7.19. The van der Waals surface area contributed by atoms with Crippen molar-refractivity contribution in [1.29, 1.82) is 0 Å². The summed E-state index contributed by atoms with van der Waals surface area (Å²) in [4.78, 5) is 31.5. The van der Waals surface area contributed by atoms with Crippen molar-refractivity contribution in [2.24, 2.45) is 0 Å². The number of methoxy groups -OCH3 is 1. The zero-order valence-electron chi connectivity index (χ0n) is 7.61. The van der Waals surface area contributed by atoms with E-state index in [1.165, 1.54) is 0 Å². The SMILES string of the molecule is COC(=O)NC(=O)CSCCC(=O)O. The molecule has 0 saturated heterocycles. The predicted octanol–water partition coefficient (Wildman–Crippen LogP) is 0.0769. The van der Waals surface area contributed by atoms with Gasteiger partial charge in [0.2, 0.25) is 5.91 Å². The number of carbonyl (C=O) groups excluding carboxylic acids is 2. The summed E-state index contributed by atoms with van der Waals surface area (Å²) in [5.41, 5.74) is 0. The number of hydrogen-bond acceptors (Lipinski definition) is 5. The Morgan fingerprint density at radius 1 is 1.43 bits per heavy atom. The largest absolute Gasteiger partial charge is 0.481 e. The number of ether oxygens (including phenoxy) is 1. The highest BCUT2D eigenvalue weighted by Gasteiger charge is 2.07. The van der Waals surface area contributed by atoms with Crippen LogP contribution >= 0.6 is 11.8 Å². The van der Waals surface area contributed by atoms with Gasteiger partial charge in [0.15, 0.2) is 0 Å². The van der Waals surface area contributed by atoms with Gasteiger partial charge in [0.25, 0.3) is 0 Å². The van der Waals surface area contributed by atoms with E-state index in [4.69, 9.17) is 5.11 Å². The van der Waals surface area contributed by atoms with Crippen LogP contribution in [0.25, 0.3) is 0 Å². The zero-order chi connectivity index (χ0) is 11.0. The van der Waals surface area contributed by atoms with Crippen LogP contribution in [-0.4, -0.2) is 41.7 Å². The van der Waals surface area contributed by atoms with Gasteiger partial charge in [0, 0.05) is 5.75 Å². The molecule has 80 valence electrons. The Kier molecular flexibility index (Phi) is 6.55. The van der Waals surface area contributed by atoms with Gasteiger partial charge in [0.1, 0.15) is 0 Å². The number of thioether (sulfide) groups is 1. The molecular weight excluding hydrogens is 210 g/mol. The van der Waals surface area contributed by atoms with E-state index in [-0.39, 0.29) is 12.2 Å². The number of carbonyl (C=O) groups is 3. The maximum atomic E-state index is 10.9. The van der Waals surface area contributed by atoms with Gasteiger partial charge in [-0.2, -0.15) is 11.8 Å². The van der Waals surface area contributed by atoms with Crippen molar-refractivity contribution in [1.82, 2.24) is 5.32 Å². The van der Waals surface area contributed by atoms with Crippen LogP contribution in [0.5, 0.6) is 0 Å². The van der Waals surface area contributed by atoms with Crippen LogP contribution in [0.4, 0.5) is 4.79 Å². The zero-order valence-corrected chi connectivity index (χ0v) is 8.43. The highest BCUT2D eigenvalue weighted by molar-refractivity contribution is 7.99. The van der Waals surface area contributed by atoms with Gasteiger partial charge in [-0.15, -0.1) is 0 Å². The molecule has 14 heavy (non-hydrogen) atoms. The third kappa shape index (κ3) is 7.41. The Bertz CT molecular complexity index is 230. The van der Waals surface area contributed by atoms with Crippen molar-refractivity contribution in [2.45, 2.75) is 6.42 Å². The Morgan fingerprint density at radius 3 is 2.57 bits per heavy atom. The molecule has 0 heterocycles. The van der Waals surface area contributed by atoms with Gasteiger partial charge in [-0.3, -0.25) is 14.9 Å². The molecule has 0 radical (unpaired) electrons. The van der Waals surface area contributed by atoms with E-state index < -0.39 is 18.0 Å². The Morgan fingerprint density at radius 2 is 2.07 bits per heavy atom. The first-order valence-corrected chi connectivity index (χ1v) is 4.89. The quantitative estimate of drug-likeness (QED) is 0.638. The lowest BCUT2D eigenvalue weighted by atomic mass is 10.5. The first kappa shape index (κ1) is 12.8. The van der Waals surface area contributed by atoms with Crippen molar-refractivity contribution in [3.63, 3.8) is 0 Å². The lowest BCUT2D eigenvalue weighted by Gasteiger charge is -2.01. The molecule has 0 aromatic rings. The number of carboxylic acids is 1. The van der Waals surface area contributed by atoms with Crippen molar-refractivity contribution in [3.05, 3.63) is 0 Å². The van der Waals surface area contributed by atoms with E-state index in [0.29, 0.717) is 5.75 Å². The highest BCUT2D eigenvalue weighted by atomic mass is 32.2. The average Bonchev–Trinajstić information content (AvgIpc) is 2.12. The van der Waals surface area contributed by atoms with Gasteiger partial charge < -0.3 is 9.84 Å². The number of alkyl carbamates (subject to hydrolysis) is 1. The number of hydrogen-bond donors (Lipinski definition) is 2. The predicted molar refractivity (Wildman–Crippen MR) is 50.1 cm³/mol. The summed E-state index contributed by atoms with van der Waals surface area (Å²) in [5, 5.41) is 10.2. The summed E-state index contributed by atoms with van der Waals surface area (Å²) in [6.07, 6.45) is -0.815. The number of carboxylic acid groups (broad SMARTS) is 1. The summed E-state index contributed by atoms with van der Waals surface area (Å²) in [6, 6.07) is 0. The molecule has 7 heteroatoms. The fourth-order valence-corrected chi connectivity index (χ4v) is 1.25. The minimum Gasteiger partial charge on any atom is -0.481 e. The second-order valence-electron chi connectivity index (χ2n) is 2.24. The van der Waals surface area contributed by atoms with Crippen LogP contribution < -0.4 is 5.32 Å². The molecule has 0 aromatic heterocycles. The fraction of sp³-hybridized carbons (Fsp3) is 0.571. The summed E-state index contributed by atoms with van der Waals surface area (Å²) < 4.78 is 4.19. The lowest BCUT2D eigenvalue weighted by Crippen LogP contribution is -2.31. The molecule has 0 aliphatic carbocycles. The lowest BCUT2D eigenvalue weighted by molar-refractivity contribution is -0.136. The van der Waals surface area contributed by atoms with Crippen molar-refractivity contribution in [3.8, 4) is 0 Å². The molecule has 2 N–H and O–H groups in total. The first-order chi connectivity index (χ1) is 6.56. The van der Waals surface area contributed by atoms with Crippen LogP contribution in [0, 0.1) is 0 Å². The molecule has 0 bridgehead atoms. The number of amides is 2. The average molecular weight is 221 g/mol. The minimum atomic E-state index is -0.911. The second-order valence-corrected chi connectivity index (χ2v) is 3.34. The molecule has 0 saturated carbocycles. The first-order valence-electron chi connectivity index (χ1n) is 3.73. The van der Waals surface area contributed by atoms with Gasteiger partial charge in [0.05, 0.1) is 19.3 Å². The van der Waals surface area contributed by atoms with Crippen molar-refractivity contribution in [2.75, 3.05) is 18.6 Å². The van der Waals surface area contributed by atoms with Gasteiger partial charge in [-0.05, 0) is 0 Å². The van der Waals surface area contributed by atoms with E-state index in [1.807, 2.05) is 5.32 Å². The summed E-state index contributed by atoms with van der Waals surface area (Å²) in [5.74, 6) is -1.02. The van der Waals surface area contributed by atoms with E-state index in [2.05, 4.69) is 4.74 Å². The monoisotopic (exact) mass is 221 g/mol. The van der Waals surface area contributed by atoms with Crippen molar-refractivity contribution < 1.29 is 24.2 Å². The molecule has 0 aliphatic heterocycles. The molecule has 2 amide bonds. The van der Waals surface area contributed by atoms with E-state index in [9.17, 15) is 14.4 Å². The van der Waals surface area contributed by atoms with E-state index in [0.717, 1.165) is 18.9 Å². The van der Waals surface area contributed by atoms with Gasteiger partial charge in [-0.1, -0.05) is 0 Å². The summed E-state index contributed by atoms with van der Waals surface area (Å²) in [6.45, 7) is 0. The fourth-order valence-electron chi connectivity index (χ4n) is 0.525. The molecule has 0 atom stereocenters. The smallest absolute Gasteiger partial charge is 0.413 e. The maximum Gasteiger partial charge on any atom is 0.413 e. The Labute approximate surface area is 85.0 Å². The Balaban J connectivity index is 3.45. The normalized spacial score (nSPS) is 9.21. The van der Waals surface area contributed by atoms with Gasteiger partial charge >= 0.3 is 12.1 Å². The minimum absolute atomic E-state index is 0.00380. The van der Waals surface area contributed by atoms with Crippen LogP contribution in [0.15, 0.2) is 0 Å². The molecular formula is C7H11NO5S. The van der Waals surface area contributed by atoms with Crippen molar-refractivity contribution >= 4 is 29.7 Å². The van der Waals surface area contributed by atoms with Crippen LogP contribution in [-0.2, 0) is 14.3 Å². The molecule has 0 aliphatic rings. The number of imide groups is 1. The summed E-state index contributed by atoms with van der Waals surface area (Å²) >= 11 is 1.14. The number of rotatable bonds is 5. The molecule has 0 aromatic carbocycles. The molecule has 0 rings (SSSR count). The topological polar surface area (TPSA) is 92.7 Å². The van der Waals surface area contributed by atoms with E-state index >= 15 is 0 Å². The molecule has 0 fully saturated rings. The molecule has 6 nitrogen and oxygen atoms in total. The third-order valence-corrected chi connectivity index (χ3v) is 2.08. The van der Waals surface area contributed by atoms with Crippen LogP contribution in [0.3, 0.4) is 0 Å². The standard InChI is InChI=1S/C7H11NO5S/c1-13-7(12)8-5(9)4-14-3-2-6(10)11/h2-4H2,1H3,(H,10,11)(H,8,9,12). The molecule has 0 spiro atoms. The van der Waals surface area contributed by atoms with E-state index in [1.54, 1.807) is 0 Å². The Hall–Kier alpha value is -1.24. The van der Waals surface area contributed by atoms with Crippen LogP contribution in [0.2, 0.25) is 0 Å². The molecule has 0 unspecified atom stereocenters. The third-order valence-electron chi connectivity index (χ3n) is 1.12. The maximum absolute atomic E-state index is 10.9. The van der Waals surface area contributed by atoms with Gasteiger partial charge in [-0.25, -0.2) is 4.79 Å². The number of nitrogens with one attached hydrogen (secondary N) is 1. The number of aliphatic carboxylic acids is 1. The highest BCUT2D eigenvalue weighted by Crippen LogP contribution is 2.01. The van der Waals surface area contributed by atoms with Crippen LogP contribution in [0.1, 0.15) is 6.42 Å². The summed E-state index contributed by atoms with van der Waals surface area (Å²) in [7, 11) is 1.15.